The molecule has 4 rings (SSSR count). The van der Waals surface area contributed by atoms with Crippen molar-refractivity contribution in [2.24, 2.45) is 10.2 Å². The molecule has 8 heteroatoms. The number of benzene rings is 2. The van der Waals surface area contributed by atoms with Gasteiger partial charge in [0.25, 0.3) is 5.91 Å². The molecule has 0 saturated carbocycles. The Labute approximate surface area is 194 Å². The van der Waals surface area contributed by atoms with Crippen LogP contribution in [-0.4, -0.2) is 27.3 Å². The first-order valence-corrected chi connectivity index (χ1v) is 10.8. The van der Waals surface area contributed by atoms with Crippen LogP contribution in [0.3, 0.4) is 0 Å². The fraction of sp³-hybridized carbons (Fsp3) is 0.0417. The van der Waals surface area contributed by atoms with Gasteiger partial charge in [0.2, 0.25) is 0 Å². The number of hydrogen-bond donors (Lipinski definition) is 1. The Morgan fingerprint density at radius 2 is 1.97 bits per heavy atom. The molecule has 1 N–H and O–H groups in total. The van der Waals surface area contributed by atoms with Crippen molar-refractivity contribution in [3.8, 4) is 5.75 Å². The number of phenolic OH excluding ortho intramolecular Hbond substituents is 1. The van der Waals surface area contributed by atoms with Crippen molar-refractivity contribution in [1.29, 1.82) is 0 Å². The summed E-state index contributed by atoms with van der Waals surface area (Å²) in [5.41, 5.74) is 1.46. The first kappa shape index (κ1) is 21.7. The van der Waals surface area contributed by atoms with Crippen molar-refractivity contribution in [3.63, 3.8) is 0 Å². The maximum atomic E-state index is 13.0. The van der Waals surface area contributed by atoms with E-state index in [0.717, 1.165) is 5.56 Å². The number of amides is 1. The van der Waals surface area contributed by atoms with E-state index in [0.29, 0.717) is 26.4 Å². The van der Waals surface area contributed by atoms with E-state index in [1.165, 1.54) is 28.9 Å². The van der Waals surface area contributed by atoms with Crippen molar-refractivity contribution in [3.05, 3.63) is 106 Å². The molecule has 1 amide bonds. The third kappa shape index (κ3) is 5.38. The van der Waals surface area contributed by atoms with E-state index >= 15 is 0 Å². The van der Waals surface area contributed by atoms with Crippen LogP contribution in [0.1, 0.15) is 16.9 Å². The number of hydrogen-bond acceptors (Lipinski definition) is 6. The van der Waals surface area contributed by atoms with E-state index in [-0.39, 0.29) is 18.2 Å². The van der Waals surface area contributed by atoms with Crippen LogP contribution in [0.2, 0.25) is 5.02 Å². The number of phenols is 1. The summed E-state index contributed by atoms with van der Waals surface area (Å²) in [5.74, 6) is 0.473. The molecule has 6 nitrogen and oxygen atoms in total. The molecule has 0 bridgehead atoms. The first-order chi connectivity index (χ1) is 15.6. The van der Waals surface area contributed by atoms with Crippen molar-refractivity contribution >= 4 is 46.7 Å². The van der Waals surface area contributed by atoms with E-state index in [1.54, 1.807) is 36.6 Å². The SMILES string of the molecule is O=C1/C(=C/C=C/c2ccccc2)S/C(=N\N=C\c2cc(Cl)ccc2O)N1Cc1ccco1. The molecular weight excluding hydrogens is 446 g/mol. The molecule has 2 aromatic carbocycles. The number of rotatable bonds is 6. The predicted molar refractivity (Wildman–Crippen MR) is 129 cm³/mol. The van der Waals surface area contributed by atoms with Gasteiger partial charge in [-0.05, 0) is 53.7 Å². The molecule has 1 aliphatic rings. The number of furan rings is 1. The second-order valence-electron chi connectivity index (χ2n) is 6.70. The van der Waals surface area contributed by atoms with Gasteiger partial charge in [-0.2, -0.15) is 5.10 Å². The van der Waals surface area contributed by atoms with Crippen LogP contribution in [0, 0.1) is 0 Å². The number of allylic oxidation sites excluding steroid dienone is 2. The van der Waals surface area contributed by atoms with E-state index in [4.69, 9.17) is 16.0 Å². The molecule has 1 aromatic heterocycles. The summed E-state index contributed by atoms with van der Waals surface area (Å²) in [7, 11) is 0. The second-order valence-corrected chi connectivity index (χ2v) is 8.15. The summed E-state index contributed by atoms with van der Waals surface area (Å²) >= 11 is 7.19. The van der Waals surface area contributed by atoms with Crippen molar-refractivity contribution in [1.82, 2.24) is 4.90 Å². The molecule has 2 heterocycles. The van der Waals surface area contributed by atoms with Crippen LogP contribution in [0.4, 0.5) is 0 Å². The second kappa shape index (κ2) is 10.2. The quantitative estimate of drug-likeness (QED) is 0.289. The van der Waals surface area contributed by atoms with Gasteiger partial charge in [0.1, 0.15) is 11.5 Å². The number of carbonyl (C=O) groups excluding carboxylic acids is 1. The number of carbonyl (C=O) groups is 1. The van der Waals surface area contributed by atoms with E-state index < -0.39 is 0 Å². The molecule has 1 saturated heterocycles. The lowest BCUT2D eigenvalue weighted by atomic mass is 10.2. The molecule has 0 spiro atoms. The highest BCUT2D eigenvalue weighted by Crippen LogP contribution is 2.32. The summed E-state index contributed by atoms with van der Waals surface area (Å²) in [5, 5.41) is 19.1. The third-order valence-electron chi connectivity index (χ3n) is 4.45. The monoisotopic (exact) mass is 463 g/mol. The number of thioether (sulfide) groups is 1. The number of halogens is 1. The Morgan fingerprint density at radius 1 is 1.12 bits per heavy atom. The van der Waals surface area contributed by atoms with Crippen LogP contribution in [0.25, 0.3) is 6.08 Å². The van der Waals surface area contributed by atoms with Gasteiger partial charge in [-0.3, -0.25) is 9.69 Å². The molecule has 160 valence electrons. The lowest BCUT2D eigenvalue weighted by Gasteiger charge is -2.12. The topological polar surface area (TPSA) is 78.4 Å². The fourth-order valence-corrected chi connectivity index (χ4v) is 3.94. The Bertz CT molecular complexity index is 1220. The standard InChI is InChI=1S/C24H18ClN3O3S/c25-19-11-12-21(29)18(14-19)15-26-27-24-28(16-20-9-5-13-31-20)23(30)22(32-24)10-4-8-17-6-2-1-3-7-17/h1-15,29H,16H2/b8-4+,22-10-,26-15+,27-24-. The van der Waals surface area contributed by atoms with Gasteiger partial charge in [0, 0.05) is 10.6 Å². The lowest BCUT2D eigenvalue weighted by molar-refractivity contribution is -0.122. The lowest BCUT2D eigenvalue weighted by Crippen LogP contribution is -2.28. The summed E-state index contributed by atoms with van der Waals surface area (Å²) in [6, 6.07) is 18.0. The highest BCUT2D eigenvalue weighted by molar-refractivity contribution is 8.18. The van der Waals surface area contributed by atoms with Gasteiger partial charge in [-0.15, -0.1) is 5.10 Å². The number of amidine groups is 1. The van der Waals surface area contributed by atoms with E-state index in [2.05, 4.69) is 10.2 Å². The molecular formula is C24H18ClN3O3S. The molecule has 3 aromatic rings. The van der Waals surface area contributed by atoms with Gasteiger partial charge in [0.05, 0.1) is 23.9 Å². The predicted octanol–water partition coefficient (Wildman–Crippen LogP) is 5.70. The van der Waals surface area contributed by atoms with E-state index in [9.17, 15) is 9.90 Å². The van der Waals surface area contributed by atoms with Gasteiger partial charge in [-0.1, -0.05) is 54.1 Å². The largest absolute Gasteiger partial charge is 0.507 e. The van der Waals surface area contributed by atoms with E-state index in [1.807, 2.05) is 42.5 Å². The highest BCUT2D eigenvalue weighted by Gasteiger charge is 2.33. The van der Waals surface area contributed by atoms with Gasteiger partial charge >= 0.3 is 0 Å². The zero-order chi connectivity index (χ0) is 22.3. The highest BCUT2D eigenvalue weighted by atomic mass is 35.5. The normalized spacial score (nSPS) is 16.9. The Morgan fingerprint density at radius 3 is 2.75 bits per heavy atom. The smallest absolute Gasteiger partial charge is 0.267 e. The minimum Gasteiger partial charge on any atom is -0.507 e. The number of aromatic hydroxyl groups is 1. The van der Waals surface area contributed by atoms with Crippen molar-refractivity contribution < 1.29 is 14.3 Å². The van der Waals surface area contributed by atoms with Crippen LogP contribution in [-0.2, 0) is 11.3 Å². The zero-order valence-electron chi connectivity index (χ0n) is 16.8. The molecule has 0 unspecified atom stereocenters. The average molecular weight is 464 g/mol. The van der Waals surface area contributed by atoms with Crippen LogP contribution >= 0.6 is 23.4 Å². The van der Waals surface area contributed by atoms with Crippen LogP contribution in [0.5, 0.6) is 5.75 Å². The number of nitrogens with zero attached hydrogens (tertiary/aromatic N) is 3. The van der Waals surface area contributed by atoms with Gasteiger partial charge in [-0.25, -0.2) is 0 Å². The van der Waals surface area contributed by atoms with Crippen molar-refractivity contribution in [2.45, 2.75) is 6.54 Å². The molecule has 32 heavy (non-hydrogen) atoms. The Hall–Kier alpha value is -3.55. The molecule has 0 aliphatic carbocycles. The fourth-order valence-electron chi connectivity index (χ4n) is 2.87. The third-order valence-corrected chi connectivity index (χ3v) is 5.70. The van der Waals surface area contributed by atoms with Crippen LogP contribution in [0.15, 0.2) is 98.6 Å². The molecule has 0 atom stereocenters. The zero-order valence-corrected chi connectivity index (χ0v) is 18.3. The maximum Gasteiger partial charge on any atom is 0.267 e. The summed E-state index contributed by atoms with van der Waals surface area (Å²) in [4.78, 5) is 15.0. The minimum atomic E-state index is -0.191. The van der Waals surface area contributed by atoms with Gasteiger partial charge in [0.15, 0.2) is 5.17 Å². The minimum absolute atomic E-state index is 0.0348. The van der Waals surface area contributed by atoms with Gasteiger partial charge < -0.3 is 9.52 Å². The maximum absolute atomic E-state index is 13.0. The summed E-state index contributed by atoms with van der Waals surface area (Å²) < 4.78 is 5.39. The summed E-state index contributed by atoms with van der Waals surface area (Å²) in [6.07, 6.45) is 8.45. The van der Waals surface area contributed by atoms with Crippen LogP contribution < -0.4 is 0 Å². The average Bonchev–Trinajstić information content (AvgIpc) is 3.41. The van der Waals surface area contributed by atoms with Crippen molar-refractivity contribution in [2.75, 3.05) is 0 Å². The molecule has 1 aliphatic heterocycles. The first-order valence-electron chi connectivity index (χ1n) is 9.65. The molecule has 1 fully saturated rings. The summed E-state index contributed by atoms with van der Waals surface area (Å²) in [6.45, 7) is 0.231. The Kier molecular flexibility index (Phi) is 6.89. The Balaban J connectivity index is 1.58. The molecule has 0 radical (unpaired) electrons.